The maximum Gasteiger partial charge on any atom is 0.272 e. The number of nitrogens with one attached hydrogen (secondary N) is 2. The molecule has 2 atom stereocenters. The molecule has 0 unspecified atom stereocenters. The SMILES string of the molecule is CNc1nccc(N2C[C@H](OC)[C@H](NC(=O)c3ccn(-c4ccccc4)n3)C2)n1. The molecule has 0 aliphatic carbocycles. The highest BCUT2D eigenvalue weighted by molar-refractivity contribution is 5.92. The lowest BCUT2D eigenvalue weighted by Crippen LogP contribution is -2.43. The summed E-state index contributed by atoms with van der Waals surface area (Å²) >= 11 is 0. The molecule has 0 saturated carbocycles. The first-order chi connectivity index (χ1) is 14.2. The molecular weight excluding hydrogens is 370 g/mol. The first kappa shape index (κ1) is 18.9. The predicted octanol–water partition coefficient (Wildman–Crippen LogP) is 1.34. The summed E-state index contributed by atoms with van der Waals surface area (Å²) in [5.41, 5.74) is 1.26. The zero-order valence-corrected chi connectivity index (χ0v) is 16.3. The van der Waals surface area contributed by atoms with Crippen LogP contribution in [0.1, 0.15) is 10.5 Å². The predicted molar refractivity (Wildman–Crippen MR) is 109 cm³/mol. The van der Waals surface area contributed by atoms with Crippen LogP contribution < -0.4 is 15.5 Å². The molecule has 1 aromatic carbocycles. The molecule has 0 bridgehead atoms. The van der Waals surface area contributed by atoms with Crippen molar-refractivity contribution in [3.63, 3.8) is 0 Å². The number of carbonyl (C=O) groups excluding carboxylic acids is 1. The number of aromatic nitrogens is 4. The lowest BCUT2D eigenvalue weighted by atomic mass is 10.2. The second kappa shape index (κ2) is 8.27. The Labute approximate surface area is 168 Å². The molecule has 0 radical (unpaired) electrons. The van der Waals surface area contributed by atoms with Crippen LogP contribution in [0.25, 0.3) is 5.69 Å². The van der Waals surface area contributed by atoms with E-state index in [1.807, 2.05) is 36.4 Å². The van der Waals surface area contributed by atoms with Crippen LogP contribution in [0.3, 0.4) is 0 Å². The smallest absolute Gasteiger partial charge is 0.272 e. The molecule has 150 valence electrons. The van der Waals surface area contributed by atoms with Gasteiger partial charge in [-0.1, -0.05) is 18.2 Å². The van der Waals surface area contributed by atoms with Crippen LogP contribution in [-0.2, 0) is 4.74 Å². The molecule has 3 heterocycles. The molecule has 9 heteroatoms. The summed E-state index contributed by atoms with van der Waals surface area (Å²) in [5, 5.41) is 10.4. The van der Waals surface area contributed by atoms with E-state index < -0.39 is 0 Å². The third-order valence-corrected chi connectivity index (χ3v) is 4.92. The van der Waals surface area contributed by atoms with Gasteiger partial charge >= 0.3 is 0 Å². The minimum Gasteiger partial charge on any atom is -0.377 e. The number of hydrogen-bond acceptors (Lipinski definition) is 7. The summed E-state index contributed by atoms with van der Waals surface area (Å²) in [4.78, 5) is 23.4. The fourth-order valence-electron chi connectivity index (χ4n) is 3.40. The van der Waals surface area contributed by atoms with Gasteiger partial charge in [-0.25, -0.2) is 9.67 Å². The Hall–Kier alpha value is -3.46. The van der Waals surface area contributed by atoms with Gasteiger partial charge in [0.05, 0.1) is 17.8 Å². The van der Waals surface area contributed by atoms with Gasteiger partial charge in [0.2, 0.25) is 5.95 Å². The van der Waals surface area contributed by atoms with Gasteiger partial charge in [-0.3, -0.25) is 4.79 Å². The van der Waals surface area contributed by atoms with Crippen molar-refractivity contribution in [2.75, 3.05) is 37.5 Å². The number of ether oxygens (including phenoxy) is 1. The topological polar surface area (TPSA) is 97.2 Å². The molecule has 1 amide bonds. The van der Waals surface area contributed by atoms with E-state index in [0.717, 1.165) is 11.5 Å². The Kier molecular flexibility index (Phi) is 5.39. The number of carbonyl (C=O) groups is 1. The van der Waals surface area contributed by atoms with Crippen LogP contribution in [-0.4, -0.2) is 65.0 Å². The third kappa shape index (κ3) is 4.04. The van der Waals surface area contributed by atoms with Gasteiger partial charge in [-0.05, 0) is 24.3 Å². The van der Waals surface area contributed by atoms with E-state index in [2.05, 4.69) is 30.6 Å². The molecule has 2 N–H and O–H groups in total. The minimum absolute atomic E-state index is 0.150. The Morgan fingerprint density at radius 3 is 2.76 bits per heavy atom. The molecule has 1 aliphatic heterocycles. The number of amides is 1. The van der Waals surface area contributed by atoms with Crippen molar-refractivity contribution in [3.8, 4) is 5.69 Å². The lowest BCUT2D eigenvalue weighted by molar-refractivity contribution is 0.0778. The monoisotopic (exact) mass is 393 g/mol. The van der Waals surface area contributed by atoms with Gasteiger partial charge in [0.15, 0.2) is 5.69 Å². The third-order valence-electron chi connectivity index (χ3n) is 4.92. The van der Waals surface area contributed by atoms with E-state index >= 15 is 0 Å². The van der Waals surface area contributed by atoms with Crippen LogP contribution in [0.5, 0.6) is 0 Å². The van der Waals surface area contributed by atoms with Crippen LogP contribution in [0, 0.1) is 0 Å². The molecule has 9 nitrogen and oxygen atoms in total. The Morgan fingerprint density at radius 1 is 1.17 bits per heavy atom. The van der Waals surface area contributed by atoms with Crippen LogP contribution in [0.15, 0.2) is 54.9 Å². The van der Waals surface area contributed by atoms with Crippen molar-refractivity contribution in [2.45, 2.75) is 12.1 Å². The second-order valence-corrected chi connectivity index (χ2v) is 6.73. The molecular formula is C20H23N7O2. The summed E-state index contributed by atoms with van der Waals surface area (Å²) in [7, 11) is 3.43. The number of rotatable bonds is 6. The summed E-state index contributed by atoms with van der Waals surface area (Å²) in [6.07, 6.45) is 3.33. The fraction of sp³-hybridized carbons (Fsp3) is 0.300. The van der Waals surface area contributed by atoms with E-state index in [4.69, 9.17) is 4.74 Å². The number of methoxy groups -OCH3 is 1. The molecule has 3 aromatic rings. The van der Waals surface area contributed by atoms with Crippen molar-refractivity contribution in [3.05, 3.63) is 60.6 Å². The summed E-state index contributed by atoms with van der Waals surface area (Å²) in [6.45, 7) is 1.21. The van der Waals surface area contributed by atoms with Crippen molar-refractivity contribution >= 4 is 17.7 Å². The lowest BCUT2D eigenvalue weighted by Gasteiger charge is -2.18. The maximum atomic E-state index is 12.8. The Bertz CT molecular complexity index is 976. The van der Waals surface area contributed by atoms with E-state index in [0.29, 0.717) is 24.7 Å². The number of nitrogens with zero attached hydrogens (tertiary/aromatic N) is 5. The standard InChI is InChI=1S/C20H23N7O2/c1-21-20-22-10-8-18(24-20)26-12-16(17(13-26)29-2)23-19(28)15-9-11-27(25-15)14-6-4-3-5-7-14/h3-11,16-17H,12-13H2,1-2H3,(H,23,28)(H,21,22,24)/t16-,17+/m1/s1. The highest BCUT2D eigenvalue weighted by Gasteiger charge is 2.35. The highest BCUT2D eigenvalue weighted by atomic mass is 16.5. The molecule has 4 rings (SSSR count). The first-order valence-corrected chi connectivity index (χ1v) is 9.38. The molecule has 1 aliphatic rings. The van der Waals surface area contributed by atoms with E-state index in [-0.39, 0.29) is 18.1 Å². The maximum absolute atomic E-state index is 12.8. The quantitative estimate of drug-likeness (QED) is 0.652. The molecule has 0 spiro atoms. The minimum atomic E-state index is -0.229. The van der Waals surface area contributed by atoms with Gasteiger partial charge in [0.25, 0.3) is 5.91 Å². The highest BCUT2D eigenvalue weighted by Crippen LogP contribution is 2.21. The van der Waals surface area contributed by atoms with Gasteiger partial charge in [-0.15, -0.1) is 0 Å². The van der Waals surface area contributed by atoms with Gasteiger partial charge < -0.3 is 20.3 Å². The fourth-order valence-corrected chi connectivity index (χ4v) is 3.40. The average molecular weight is 393 g/mol. The van der Waals surface area contributed by atoms with Crippen molar-refractivity contribution in [1.29, 1.82) is 0 Å². The zero-order chi connectivity index (χ0) is 20.2. The molecule has 1 fully saturated rings. The zero-order valence-electron chi connectivity index (χ0n) is 16.3. The van der Waals surface area contributed by atoms with Crippen LogP contribution in [0.4, 0.5) is 11.8 Å². The average Bonchev–Trinajstić information content (AvgIpc) is 3.42. The molecule has 2 aromatic heterocycles. The summed E-state index contributed by atoms with van der Waals surface area (Å²) < 4.78 is 7.29. The van der Waals surface area contributed by atoms with Crippen molar-refractivity contribution in [2.24, 2.45) is 0 Å². The van der Waals surface area contributed by atoms with Crippen LogP contribution >= 0.6 is 0 Å². The summed E-state index contributed by atoms with van der Waals surface area (Å²) in [5.74, 6) is 1.11. The second-order valence-electron chi connectivity index (χ2n) is 6.73. The summed E-state index contributed by atoms with van der Waals surface area (Å²) in [6, 6.07) is 13.0. The van der Waals surface area contributed by atoms with E-state index in [9.17, 15) is 4.79 Å². The van der Waals surface area contributed by atoms with Gasteiger partial charge in [0, 0.05) is 39.6 Å². The largest absolute Gasteiger partial charge is 0.377 e. The van der Waals surface area contributed by atoms with Crippen molar-refractivity contribution in [1.82, 2.24) is 25.1 Å². The Balaban J connectivity index is 1.45. The van der Waals surface area contributed by atoms with E-state index in [1.165, 1.54) is 0 Å². The van der Waals surface area contributed by atoms with Crippen LogP contribution in [0.2, 0.25) is 0 Å². The van der Waals surface area contributed by atoms with E-state index in [1.54, 1.807) is 37.3 Å². The first-order valence-electron chi connectivity index (χ1n) is 9.38. The number of para-hydroxylation sites is 1. The molecule has 29 heavy (non-hydrogen) atoms. The van der Waals surface area contributed by atoms with Crippen molar-refractivity contribution < 1.29 is 9.53 Å². The number of hydrogen-bond donors (Lipinski definition) is 2. The van der Waals surface area contributed by atoms with Gasteiger partial charge in [-0.2, -0.15) is 10.1 Å². The number of benzene rings is 1. The molecule has 1 saturated heterocycles. The normalized spacial score (nSPS) is 18.6. The van der Waals surface area contributed by atoms with Gasteiger partial charge in [0.1, 0.15) is 5.82 Å². The number of anilines is 2. The Morgan fingerprint density at radius 2 is 2.00 bits per heavy atom.